The number of hydrogen-bond donors (Lipinski definition) is 0. The normalized spacial score (nSPS) is 11.1. The smallest absolute Gasteiger partial charge is 0.0351 e. The van der Waals surface area contributed by atoms with Crippen molar-refractivity contribution in [2.75, 3.05) is 0 Å². The molecule has 0 saturated heterocycles. The average Bonchev–Trinajstić information content (AvgIpc) is 2.35. The highest BCUT2D eigenvalue weighted by Crippen LogP contribution is 2.08. The molecule has 0 aliphatic carbocycles. The molecule has 0 bridgehead atoms. The van der Waals surface area contributed by atoms with Crippen LogP contribution in [0.1, 0.15) is 77.0 Å². The van der Waals surface area contributed by atoms with Crippen molar-refractivity contribution < 1.29 is 0 Å². The number of hydrogen-bond acceptors (Lipinski definition) is 0. The van der Waals surface area contributed by atoms with Crippen LogP contribution in [0.2, 0.25) is 0 Å². The molecule has 0 rings (SSSR count). The van der Waals surface area contributed by atoms with Gasteiger partial charge in [-0.1, -0.05) is 63.7 Å². The molecule has 0 unspecified atom stereocenters. The fourth-order valence-corrected chi connectivity index (χ4v) is 1.93. The molecule has 0 aliphatic rings. The van der Waals surface area contributed by atoms with E-state index in [0.717, 1.165) is 6.42 Å². The van der Waals surface area contributed by atoms with E-state index < -0.39 is 0 Å². The topological polar surface area (TPSA) is 0 Å². The van der Waals surface area contributed by atoms with Crippen molar-refractivity contribution in [3.63, 3.8) is 0 Å². The molecule has 99 valence electrons. The van der Waals surface area contributed by atoms with Crippen LogP contribution in [-0.2, 0) is 0 Å². The van der Waals surface area contributed by atoms with E-state index in [9.17, 15) is 0 Å². The first-order chi connectivity index (χ1) is 8.41. The second kappa shape index (κ2) is 15.5. The van der Waals surface area contributed by atoms with Crippen molar-refractivity contribution in [3.8, 4) is 0 Å². The lowest BCUT2D eigenvalue weighted by Crippen LogP contribution is -1.78. The van der Waals surface area contributed by atoms with Crippen molar-refractivity contribution in [1.82, 2.24) is 0 Å². The zero-order valence-electron chi connectivity index (χ0n) is 11.6. The first-order valence-electron chi connectivity index (χ1n) is 7.47. The highest BCUT2D eigenvalue weighted by atomic mass is 13.9. The molecule has 17 heavy (non-hydrogen) atoms. The van der Waals surface area contributed by atoms with Crippen molar-refractivity contribution in [3.05, 3.63) is 31.7 Å². The minimum absolute atomic E-state index is 1.09. The Labute approximate surface area is 109 Å². The lowest BCUT2D eigenvalue weighted by Gasteiger charge is -1.98. The molecule has 0 heteroatoms. The Kier molecular flexibility index (Phi) is 15.0. The van der Waals surface area contributed by atoms with Crippen molar-refractivity contribution in [2.24, 2.45) is 0 Å². The minimum atomic E-state index is 1.09. The van der Waals surface area contributed by atoms with E-state index in [4.69, 9.17) is 0 Å². The van der Waals surface area contributed by atoms with E-state index in [0.29, 0.717) is 0 Å². The highest BCUT2D eigenvalue weighted by Gasteiger charge is 1.88. The van der Waals surface area contributed by atoms with Crippen LogP contribution in [0.5, 0.6) is 0 Å². The predicted octanol–water partition coefficient (Wildman–Crippen LogP) is 6.24. The Balaban J connectivity index is 3.01. The first kappa shape index (κ1) is 16.5. The van der Waals surface area contributed by atoms with Gasteiger partial charge in [0, 0.05) is 0 Å². The fraction of sp³-hybridized carbons (Fsp3) is 0.706. The van der Waals surface area contributed by atoms with Gasteiger partial charge in [0.25, 0.3) is 0 Å². The van der Waals surface area contributed by atoms with E-state index in [-0.39, 0.29) is 0 Å². The molecule has 0 amide bonds. The molecule has 0 saturated carbocycles. The summed E-state index contributed by atoms with van der Waals surface area (Å²) < 4.78 is 0. The summed E-state index contributed by atoms with van der Waals surface area (Å²) in [5.74, 6) is 0. The maximum atomic E-state index is 3.86. The minimum Gasteiger partial charge on any atom is -0.103 e. The van der Waals surface area contributed by atoms with Gasteiger partial charge in [-0.25, -0.2) is 0 Å². The maximum Gasteiger partial charge on any atom is -0.0351 e. The van der Waals surface area contributed by atoms with Crippen molar-refractivity contribution in [1.29, 1.82) is 0 Å². The molecule has 0 spiro atoms. The third kappa shape index (κ3) is 15.5. The van der Waals surface area contributed by atoms with E-state index in [1.807, 2.05) is 6.08 Å². The number of rotatable bonds is 13. The molecule has 0 heterocycles. The summed E-state index contributed by atoms with van der Waals surface area (Å²) in [5, 5.41) is 0. The molecule has 0 nitrogen and oxygen atoms in total. The molecule has 0 atom stereocenters. The Morgan fingerprint density at radius 2 is 1.06 bits per heavy atom. The van der Waals surface area contributed by atoms with Gasteiger partial charge < -0.3 is 0 Å². The van der Waals surface area contributed by atoms with Crippen molar-refractivity contribution in [2.45, 2.75) is 77.0 Å². The van der Waals surface area contributed by atoms with Gasteiger partial charge in [-0.2, -0.15) is 0 Å². The first-order valence-corrected chi connectivity index (χ1v) is 7.47. The highest BCUT2D eigenvalue weighted by molar-refractivity contribution is 4.81. The van der Waals surface area contributed by atoms with Crippen LogP contribution in [0.3, 0.4) is 0 Å². The molecule has 1 radical (unpaired) electrons. The molecule has 0 aliphatic heterocycles. The second-order valence-corrected chi connectivity index (χ2v) is 4.81. The van der Waals surface area contributed by atoms with Crippen LogP contribution < -0.4 is 0 Å². The largest absolute Gasteiger partial charge is 0.103 e. The summed E-state index contributed by atoms with van der Waals surface area (Å²) in [6.45, 7) is 7.60. The fourth-order valence-electron chi connectivity index (χ4n) is 1.93. The maximum absolute atomic E-state index is 3.86. The molecule has 0 fully saturated rings. The van der Waals surface area contributed by atoms with E-state index in [2.05, 4.69) is 25.7 Å². The summed E-state index contributed by atoms with van der Waals surface area (Å²) in [6, 6.07) is 0. The summed E-state index contributed by atoms with van der Waals surface area (Å²) in [5.41, 5.74) is 0. The van der Waals surface area contributed by atoms with Gasteiger partial charge in [0.2, 0.25) is 0 Å². The number of allylic oxidation sites excluding steroid dienone is 3. The van der Waals surface area contributed by atoms with Gasteiger partial charge in [-0.15, -0.1) is 6.58 Å². The number of unbranched alkanes of at least 4 members (excludes halogenated alkanes) is 10. The van der Waals surface area contributed by atoms with Gasteiger partial charge in [0.1, 0.15) is 0 Å². The Morgan fingerprint density at radius 1 is 0.588 bits per heavy atom. The van der Waals surface area contributed by atoms with Crippen LogP contribution in [0.15, 0.2) is 24.8 Å². The molecular formula is C17H31. The van der Waals surface area contributed by atoms with Crippen LogP contribution in [0, 0.1) is 6.92 Å². The van der Waals surface area contributed by atoms with Gasteiger partial charge in [0.05, 0.1) is 0 Å². The molecule has 0 aromatic carbocycles. The molecular weight excluding hydrogens is 204 g/mol. The molecule has 0 aromatic rings. The van der Waals surface area contributed by atoms with Gasteiger partial charge in [-0.05, 0) is 38.5 Å². The van der Waals surface area contributed by atoms with E-state index in [1.165, 1.54) is 70.6 Å². The summed E-state index contributed by atoms with van der Waals surface area (Å²) in [4.78, 5) is 0. The summed E-state index contributed by atoms with van der Waals surface area (Å²) >= 11 is 0. The van der Waals surface area contributed by atoms with Crippen LogP contribution in [0.4, 0.5) is 0 Å². The Hall–Kier alpha value is -0.520. The zero-order chi connectivity index (χ0) is 12.6. The van der Waals surface area contributed by atoms with E-state index in [1.54, 1.807) is 0 Å². The lowest BCUT2D eigenvalue weighted by atomic mass is 10.1. The van der Waals surface area contributed by atoms with Crippen molar-refractivity contribution >= 4 is 0 Å². The van der Waals surface area contributed by atoms with Gasteiger partial charge >= 0.3 is 0 Å². The Bertz CT molecular complexity index is 167. The standard InChI is InChI=1S/C17H31/c1-3-5-7-9-11-13-15-17-16-14-12-10-8-6-4-2/h3,14,16H,1-2,4-13,15,17H2. The predicted molar refractivity (Wildman–Crippen MR) is 80.1 cm³/mol. The quantitative estimate of drug-likeness (QED) is 0.262. The Morgan fingerprint density at radius 3 is 1.59 bits per heavy atom. The van der Waals surface area contributed by atoms with Crippen LogP contribution in [-0.4, -0.2) is 0 Å². The summed E-state index contributed by atoms with van der Waals surface area (Å²) in [7, 11) is 0. The summed E-state index contributed by atoms with van der Waals surface area (Å²) in [6.07, 6.45) is 22.4. The van der Waals surface area contributed by atoms with Crippen LogP contribution >= 0.6 is 0 Å². The third-order valence-corrected chi connectivity index (χ3v) is 3.07. The zero-order valence-corrected chi connectivity index (χ0v) is 11.6. The second-order valence-electron chi connectivity index (χ2n) is 4.81. The van der Waals surface area contributed by atoms with Gasteiger partial charge in [-0.3, -0.25) is 0 Å². The molecule has 0 aromatic heterocycles. The lowest BCUT2D eigenvalue weighted by molar-refractivity contribution is 0.621. The van der Waals surface area contributed by atoms with Crippen LogP contribution in [0.25, 0.3) is 0 Å². The SMILES string of the molecule is [CH2]CCCCCC=CCCCCCCCC=C. The van der Waals surface area contributed by atoms with E-state index >= 15 is 0 Å². The third-order valence-electron chi connectivity index (χ3n) is 3.07. The molecule has 0 N–H and O–H groups in total. The monoisotopic (exact) mass is 235 g/mol. The average molecular weight is 235 g/mol. The van der Waals surface area contributed by atoms with Gasteiger partial charge in [0.15, 0.2) is 0 Å².